The van der Waals surface area contributed by atoms with Crippen LogP contribution in [0.2, 0.25) is 0 Å². The molecule has 6 nitrogen and oxygen atoms in total. The van der Waals surface area contributed by atoms with Crippen molar-refractivity contribution in [1.29, 1.82) is 0 Å². The molecule has 3 rings (SSSR count). The summed E-state index contributed by atoms with van der Waals surface area (Å²) in [5.74, 6) is -0.551. The van der Waals surface area contributed by atoms with E-state index < -0.39 is 5.56 Å². The highest BCUT2D eigenvalue weighted by Gasteiger charge is 2.16. The molecule has 128 valence electrons. The first-order chi connectivity index (χ1) is 12.0. The summed E-state index contributed by atoms with van der Waals surface area (Å²) < 4.78 is 14.6. The Morgan fingerprint density at radius 1 is 1.36 bits per heavy atom. The lowest BCUT2D eigenvalue weighted by molar-refractivity contribution is 0.407. The van der Waals surface area contributed by atoms with Gasteiger partial charge in [-0.25, -0.2) is 4.39 Å². The molecule has 2 aromatic heterocycles. The van der Waals surface area contributed by atoms with Crippen molar-refractivity contribution in [2.45, 2.75) is 13.0 Å². The Labute approximate surface area is 147 Å². The van der Waals surface area contributed by atoms with Crippen LogP contribution < -0.4 is 5.56 Å². The third-order valence-electron chi connectivity index (χ3n) is 3.79. The standard InChI is InChI=1S/C17H15FN4O2S/c1-2-7-22-16(24)13(15(23)20-17(22)25)8-11-9-19-21-14(11)10-3-5-12(18)6-4-10/h2-6,9,24H,1,7-8H2,(H,19,21)(H,20,23,25). The van der Waals surface area contributed by atoms with Gasteiger partial charge in [0.15, 0.2) is 4.77 Å². The Bertz CT molecular complexity index is 1030. The van der Waals surface area contributed by atoms with E-state index in [2.05, 4.69) is 21.8 Å². The second-order valence-corrected chi connectivity index (χ2v) is 5.80. The molecule has 0 saturated heterocycles. The molecule has 3 aromatic rings. The number of nitrogens with one attached hydrogen (secondary N) is 2. The van der Waals surface area contributed by atoms with Crippen molar-refractivity contribution in [1.82, 2.24) is 19.7 Å². The fraction of sp³-hybridized carbons (Fsp3) is 0.118. The van der Waals surface area contributed by atoms with Gasteiger partial charge in [0.05, 0.1) is 17.5 Å². The Kier molecular flexibility index (Phi) is 4.62. The second kappa shape index (κ2) is 6.86. The van der Waals surface area contributed by atoms with Gasteiger partial charge >= 0.3 is 0 Å². The van der Waals surface area contributed by atoms with Crippen LogP contribution in [0.3, 0.4) is 0 Å². The second-order valence-electron chi connectivity index (χ2n) is 5.41. The molecule has 2 heterocycles. The number of aromatic hydroxyl groups is 1. The number of halogens is 1. The number of hydrogen-bond acceptors (Lipinski definition) is 4. The van der Waals surface area contributed by atoms with Crippen LogP contribution >= 0.6 is 12.2 Å². The summed E-state index contributed by atoms with van der Waals surface area (Å²) >= 11 is 5.06. The van der Waals surface area contributed by atoms with Crippen LogP contribution in [0.1, 0.15) is 11.1 Å². The summed E-state index contributed by atoms with van der Waals surface area (Å²) in [5, 5.41) is 17.3. The normalized spacial score (nSPS) is 10.8. The molecule has 0 fully saturated rings. The lowest BCUT2D eigenvalue weighted by Gasteiger charge is -2.11. The van der Waals surface area contributed by atoms with Crippen molar-refractivity contribution < 1.29 is 9.50 Å². The zero-order valence-electron chi connectivity index (χ0n) is 13.1. The minimum Gasteiger partial charge on any atom is -0.494 e. The topological polar surface area (TPSA) is 86.7 Å². The summed E-state index contributed by atoms with van der Waals surface area (Å²) in [6.45, 7) is 3.88. The molecule has 0 aliphatic carbocycles. The number of rotatable bonds is 5. The Morgan fingerprint density at radius 3 is 2.76 bits per heavy atom. The van der Waals surface area contributed by atoms with Gasteiger partial charge in [0.1, 0.15) is 5.82 Å². The van der Waals surface area contributed by atoms with E-state index in [-0.39, 0.29) is 35.0 Å². The van der Waals surface area contributed by atoms with Crippen molar-refractivity contribution in [2.75, 3.05) is 0 Å². The molecule has 0 amide bonds. The van der Waals surface area contributed by atoms with Crippen molar-refractivity contribution in [3.05, 3.63) is 75.2 Å². The minimum absolute atomic E-state index is 0.122. The summed E-state index contributed by atoms with van der Waals surface area (Å²) in [5.41, 5.74) is 1.77. The van der Waals surface area contributed by atoms with Crippen LogP contribution in [0, 0.1) is 10.6 Å². The predicted octanol–water partition coefficient (Wildman–Crippen LogP) is 2.92. The van der Waals surface area contributed by atoms with Crippen molar-refractivity contribution >= 4 is 12.2 Å². The predicted molar refractivity (Wildman–Crippen MR) is 94.5 cm³/mol. The van der Waals surface area contributed by atoms with E-state index in [1.807, 2.05) is 0 Å². The van der Waals surface area contributed by atoms with Gasteiger partial charge in [0, 0.05) is 24.1 Å². The molecule has 0 spiro atoms. The fourth-order valence-corrected chi connectivity index (χ4v) is 2.81. The van der Waals surface area contributed by atoms with Gasteiger partial charge in [-0.1, -0.05) is 6.08 Å². The summed E-state index contributed by atoms with van der Waals surface area (Å²) in [6.07, 6.45) is 3.27. The molecular weight excluding hydrogens is 343 g/mol. The number of benzene rings is 1. The highest BCUT2D eigenvalue weighted by molar-refractivity contribution is 7.71. The van der Waals surface area contributed by atoms with E-state index in [4.69, 9.17) is 12.2 Å². The smallest absolute Gasteiger partial charge is 0.259 e. The van der Waals surface area contributed by atoms with Gasteiger partial charge in [-0.3, -0.25) is 19.4 Å². The number of aromatic amines is 2. The summed E-state index contributed by atoms with van der Waals surface area (Å²) in [4.78, 5) is 14.8. The molecule has 0 radical (unpaired) electrons. The van der Waals surface area contributed by atoms with Gasteiger partial charge in [0.25, 0.3) is 5.56 Å². The number of aromatic nitrogens is 4. The molecule has 0 atom stereocenters. The molecular formula is C17H15FN4O2S. The summed E-state index contributed by atoms with van der Waals surface area (Å²) in [6, 6.07) is 5.91. The van der Waals surface area contributed by atoms with Crippen LogP contribution in [0.25, 0.3) is 11.3 Å². The van der Waals surface area contributed by atoms with Gasteiger partial charge < -0.3 is 5.11 Å². The van der Waals surface area contributed by atoms with Crippen LogP contribution in [-0.4, -0.2) is 24.9 Å². The first-order valence-corrected chi connectivity index (χ1v) is 7.86. The van der Waals surface area contributed by atoms with Crippen LogP contribution in [0.4, 0.5) is 4.39 Å². The molecule has 0 aliphatic rings. The fourth-order valence-electron chi connectivity index (χ4n) is 2.56. The quantitative estimate of drug-likeness (QED) is 0.483. The largest absolute Gasteiger partial charge is 0.494 e. The van der Waals surface area contributed by atoms with E-state index in [0.717, 1.165) is 5.56 Å². The Balaban J connectivity index is 2.05. The van der Waals surface area contributed by atoms with E-state index in [0.29, 0.717) is 11.3 Å². The van der Waals surface area contributed by atoms with Gasteiger partial charge in [-0.15, -0.1) is 6.58 Å². The van der Waals surface area contributed by atoms with Crippen LogP contribution in [-0.2, 0) is 13.0 Å². The maximum Gasteiger partial charge on any atom is 0.259 e. The molecule has 0 bridgehead atoms. The number of hydrogen-bond donors (Lipinski definition) is 3. The zero-order chi connectivity index (χ0) is 18.0. The van der Waals surface area contributed by atoms with Crippen molar-refractivity contribution in [3.63, 3.8) is 0 Å². The average Bonchev–Trinajstić information content (AvgIpc) is 3.04. The molecule has 1 aromatic carbocycles. The SMILES string of the molecule is C=CCn1c(O)c(Cc2cn[nH]c2-c2ccc(F)cc2)c(=O)[nH]c1=S. The molecule has 0 aliphatic heterocycles. The highest BCUT2D eigenvalue weighted by Crippen LogP contribution is 2.25. The van der Waals surface area contributed by atoms with E-state index in [9.17, 15) is 14.3 Å². The highest BCUT2D eigenvalue weighted by atomic mass is 32.1. The first kappa shape index (κ1) is 16.8. The lowest BCUT2D eigenvalue weighted by Crippen LogP contribution is -2.19. The Hall–Kier alpha value is -3.00. The van der Waals surface area contributed by atoms with Gasteiger partial charge in [0.2, 0.25) is 5.88 Å². The minimum atomic E-state index is -0.464. The van der Waals surface area contributed by atoms with E-state index in [1.165, 1.54) is 16.7 Å². The van der Waals surface area contributed by atoms with E-state index >= 15 is 0 Å². The molecule has 3 N–H and O–H groups in total. The van der Waals surface area contributed by atoms with Crippen molar-refractivity contribution in [2.24, 2.45) is 0 Å². The molecule has 0 saturated carbocycles. The molecule has 8 heteroatoms. The maximum absolute atomic E-state index is 13.1. The maximum atomic E-state index is 13.1. The van der Waals surface area contributed by atoms with Gasteiger partial charge in [-0.2, -0.15) is 5.10 Å². The number of nitrogens with zero attached hydrogens (tertiary/aromatic N) is 2. The van der Waals surface area contributed by atoms with Gasteiger partial charge in [-0.05, 0) is 36.5 Å². The average molecular weight is 358 g/mol. The number of H-pyrrole nitrogens is 2. The third kappa shape index (κ3) is 3.29. The first-order valence-electron chi connectivity index (χ1n) is 7.45. The lowest BCUT2D eigenvalue weighted by atomic mass is 10.0. The van der Waals surface area contributed by atoms with Crippen molar-refractivity contribution in [3.8, 4) is 17.1 Å². The third-order valence-corrected chi connectivity index (χ3v) is 4.12. The summed E-state index contributed by atoms with van der Waals surface area (Å²) in [7, 11) is 0. The molecule has 0 unspecified atom stereocenters. The monoisotopic (exact) mass is 358 g/mol. The van der Waals surface area contributed by atoms with E-state index in [1.54, 1.807) is 24.4 Å². The van der Waals surface area contributed by atoms with Crippen LogP contribution in [0.15, 0.2) is 47.9 Å². The number of allylic oxidation sites excluding steroid dienone is 1. The van der Waals surface area contributed by atoms with Crippen LogP contribution in [0.5, 0.6) is 5.88 Å². The Morgan fingerprint density at radius 2 is 2.08 bits per heavy atom. The molecule has 25 heavy (non-hydrogen) atoms. The zero-order valence-corrected chi connectivity index (χ0v) is 13.9.